The summed E-state index contributed by atoms with van der Waals surface area (Å²) < 4.78 is 38.8. The molecular weight excluding hydrogens is 343 g/mol. The SMILES string of the molecule is Cc1cc([N+](=O)[O-])cn(CC(=O)Nc2cccc(C(F)(F)F)c2)c1=O. The van der Waals surface area contributed by atoms with Crippen molar-refractivity contribution in [3.8, 4) is 0 Å². The van der Waals surface area contributed by atoms with Crippen molar-refractivity contribution in [2.45, 2.75) is 19.6 Å². The van der Waals surface area contributed by atoms with Gasteiger partial charge in [-0.2, -0.15) is 13.2 Å². The number of carbonyl (C=O) groups is 1. The fourth-order valence-corrected chi connectivity index (χ4v) is 2.11. The van der Waals surface area contributed by atoms with Crippen LogP contribution in [0.3, 0.4) is 0 Å². The van der Waals surface area contributed by atoms with E-state index in [0.29, 0.717) is 0 Å². The van der Waals surface area contributed by atoms with Crippen molar-refractivity contribution < 1.29 is 22.9 Å². The number of nitrogens with zero attached hydrogens (tertiary/aromatic N) is 2. The highest BCUT2D eigenvalue weighted by Gasteiger charge is 2.30. The molecule has 132 valence electrons. The van der Waals surface area contributed by atoms with E-state index in [1.807, 2.05) is 0 Å². The summed E-state index contributed by atoms with van der Waals surface area (Å²) in [7, 11) is 0. The second kappa shape index (κ2) is 6.75. The van der Waals surface area contributed by atoms with Crippen LogP contribution < -0.4 is 10.9 Å². The summed E-state index contributed by atoms with van der Waals surface area (Å²) in [6.07, 6.45) is -3.66. The molecule has 2 aromatic rings. The van der Waals surface area contributed by atoms with E-state index in [1.54, 1.807) is 0 Å². The molecular formula is C15H12F3N3O4. The Labute approximate surface area is 138 Å². The average molecular weight is 355 g/mol. The van der Waals surface area contributed by atoms with Gasteiger partial charge in [-0.3, -0.25) is 24.3 Å². The number of halogens is 3. The molecule has 1 amide bonds. The van der Waals surface area contributed by atoms with Crippen LogP contribution in [0.15, 0.2) is 41.3 Å². The summed E-state index contributed by atoms with van der Waals surface area (Å²) in [4.78, 5) is 34.0. The number of hydrogen-bond acceptors (Lipinski definition) is 4. The zero-order chi connectivity index (χ0) is 18.8. The number of pyridine rings is 1. The van der Waals surface area contributed by atoms with E-state index in [9.17, 15) is 32.9 Å². The summed E-state index contributed by atoms with van der Waals surface area (Å²) in [5, 5.41) is 13.0. The first-order valence-electron chi connectivity index (χ1n) is 6.90. The van der Waals surface area contributed by atoms with Crippen LogP contribution in [0.1, 0.15) is 11.1 Å². The topological polar surface area (TPSA) is 94.2 Å². The molecule has 0 atom stereocenters. The van der Waals surface area contributed by atoms with E-state index in [-0.39, 0.29) is 16.9 Å². The van der Waals surface area contributed by atoms with Crippen molar-refractivity contribution in [3.05, 3.63) is 68.1 Å². The molecule has 0 unspecified atom stereocenters. The molecule has 0 spiro atoms. The van der Waals surface area contributed by atoms with Gasteiger partial charge in [-0.15, -0.1) is 0 Å². The first-order chi connectivity index (χ1) is 11.6. The number of benzene rings is 1. The van der Waals surface area contributed by atoms with E-state index in [1.165, 1.54) is 13.0 Å². The van der Waals surface area contributed by atoms with Gasteiger partial charge < -0.3 is 5.32 Å². The predicted octanol–water partition coefficient (Wildman–Crippen LogP) is 2.72. The van der Waals surface area contributed by atoms with Crippen molar-refractivity contribution in [2.24, 2.45) is 0 Å². The Morgan fingerprint density at radius 2 is 2.00 bits per heavy atom. The second-order valence-corrected chi connectivity index (χ2v) is 5.20. The van der Waals surface area contributed by atoms with Gasteiger partial charge in [0.1, 0.15) is 6.54 Å². The van der Waals surface area contributed by atoms with Gasteiger partial charge in [-0.25, -0.2) is 0 Å². The zero-order valence-corrected chi connectivity index (χ0v) is 12.8. The smallest absolute Gasteiger partial charge is 0.325 e. The molecule has 1 aromatic carbocycles. The van der Waals surface area contributed by atoms with Crippen LogP contribution in [0, 0.1) is 17.0 Å². The van der Waals surface area contributed by atoms with Gasteiger partial charge in [-0.05, 0) is 25.1 Å². The summed E-state index contributed by atoms with van der Waals surface area (Å²) in [5.41, 5.74) is -1.95. The van der Waals surface area contributed by atoms with Crippen LogP contribution in [0.2, 0.25) is 0 Å². The van der Waals surface area contributed by atoms with Gasteiger partial charge in [0, 0.05) is 17.3 Å². The van der Waals surface area contributed by atoms with Gasteiger partial charge in [0.2, 0.25) is 5.91 Å². The Morgan fingerprint density at radius 1 is 1.32 bits per heavy atom. The zero-order valence-electron chi connectivity index (χ0n) is 12.8. The number of aryl methyl sites for hydroxylation is 1. The molecule has 0 aliphatic rings. The fraction of sp³-hybridized carbons (Fsp3) is 0.200. The summed E-state index contributed by atoms with van der Waals surface area (Å²) in [6, 6.07) is 5.06. The van der Waals surface area contributed by atoms with Crippen LogP contribution in [0.25, 0.3) is 0 Å². The van der Waals surface area contributed by atoms with Crippen LogP contribution in [-0.4, -0.2) is 15.4 Å². The quantitative estimate of drug-likeness (QED) is 0.674. The number of alkyl halides is 3. The molecule has 25 heavy (non-hydrogen) atoms. The minimum Gasteiger partial charge on any atom is -0.325 e. The lowest BCUT2D eigenvalue weighted by atomic mass is 10.2. The van der Waals surface area contributed by atoms with Crippen molar-refractivity contribution in [1.82, 2.24) is 4.57 Å². The normalized spacial score (nSPS) is 11.2. The van der Waals surface area contributed by atoms with Crippen LogP contribution in [0.5, 0.6) is 0 Å². The van der Waals surface area contributed by atoms with E-state index in [2.05, 4.69) is 5.32 Å². The largest absolute Gasteiger partial charge is 0.416 e. The lowest BCUT2D eigenvalue weighted by molar-refractivity contribution is -0.385. The lowest BCUT2D eigenvalue weighted by Crippen LogP contribution is -2.28. The Morgan fingerprint density at radius 3 is 2.60 bits per heavy atom. The molecule has 0 fully saturated rings. The van der Waals surface area contributed by atoms with Crippen LogP contribution >= 0.6 is 0 Å². The van der Waals surface area contributed by atoms with Gasteiger partial charge in [-0.1, -0.05) is 6.07 Å². The number of nitro groups is 1. The van der Waals surface area contributed by atoms with E-state index in [0.717, 1.165) is 35.0 Å². The lowest BCUT2D eigenvalue weighted by Gasteiger charge is -2.11. The number of rotatable bonds is 4. The third-order valence-electron chi connectivity index (χ3n) is 3.25. The maximum absolute atomic E-state index is 12.6. The maximum Gasteiger partial charge on any atom is 0.416 e. The van der Waals surface area contributed by atoms with Crippen molar-refractivity contribution in [3.63, 3.8) is 0 Å². The molecule has 7 nitrogen and oxygen atoms in total. The predicted molar refractivity (Wildman–Crippen MR) is 82.2 cm³/mol. The highest BCUT2D eigenvalue weighted by molar-refractivity contribution is 5.90. The Hall–Kier alpha value is -3.17. The standard InChI is InChI=1S/C15H12F3N3O4/c1-9-5-12(21(24)25)7-20(14(9)23)8-13(22)19-11-4-2-3-10(6-11)15(16,17)18/h2-7H,8H2,1H3,(H,19,22). The monoisotopic (exact) mass is 355 g/mol. The second-order valence-electron chi connectivity index (χ2n) is 5.20. The molecule has 0 aliphatic carbocycles. The minimum atomic E-state index is -4.56. The average Bonchev–Trinajstić information content (AvgIpc) is 2.50. The minimum absolute atomic E-state index is 0.0704. The van der Waals surface area contributed by atoms with Gasteiger partial charge in [0.25, 0.3) is 11.2 Å². The molecule has 0 radical (unpaired) electrons. The van der Waals surface area contributed by atoms with Gasteiger partial charge in [0.05, 0.1) is 16.7 Å². The number of anilines is 1. The number of amides is 1. The summed E-state index contributed by atoms with van der Waals surface area (Å²) in [6.45, 7) is 0.786. The Kier molecular flexibility index (Phi) is 4.91. The third kappa shape index (κ3) is 4.43. The summed E-state index contributed by atoms with van der Waals surface area (Å²) >= 11 is 0. The molecule has 1 aromatic heterocycles. The summed E-state index contributed by atoms with van der Waals surface area (Å²) in [5.74, 6) is -0.790. The van der Waals surface area contributed by atoms with Crippen LogP contribution in [0.4, 0.5) is 24.5 Å². The molecule has 10 heteroatoms. The number of aromatic nitrogens is 1. The van der Waals surface area contributed by atoms with E-state index >= 15 is 0 Å². The number of hydrogen-bond donors (Lipinski definition) is 1. The number of nitrogens with one attached hydrogen (secondary N) is 1. The van der Waals surface area contributed by atoms with Crippen molar-refractivity contribution >= 4 is 17.3 Å². The fourth-order valence-electron chi connectivity index (χ4n) is 2.11. The number of carbonyl (C=O) groups excluding carboxylic acids is 1. The first kappa shape index (κ1) is 18.2. The first-order valence-corrected chi connectivity index (χ1v) is 6.90. The van der Waals surface area contributed by atoms with Gasteiger partial charge in [0.15, 0.2) is 0 Å². The van der Waals surface area contributed by atoms with Crippen molar-refractivity contribution in [2.75, 3.05) is 5.32 Å². The maximum atomic E-state index is 12.6. The highest BCUT2D eigenvalue weighted by Crippen LogP contribution is 2.30. The molecule has 2 rings (SSSR count). The van der Waals surface area contributed by atoms with E-state index < -0.39 is 34.7 Å². The molecule has 1 heterocycles. The molecule has 0 saturated heterocycles. The Bertz CT molecular complexity index is 890. The van der Waals surface area contributed by atoms with Crippen molar-refractivity contribution in [1.29, 1.82) is 0 Å². The molecule has 0 saturated carbocycles. The molecule has 0 aliphatic heterocycles. The molecule has 1 N–H and O–H groups in total. The Balaban J connectivity index is 2.21. The third-order valence-corrected chi connectivity index (χ3v) is 3.25. The highest BCUT2D eigenvalue weighted by atomic mass is 19.4. The van der Waals surface area contributed by atoms with E-state index in [4.69, 9.17) is 0 Å². The molecule has 0 bridgehead atoms. The van der Waals surface area contributed by atoms with Crippen LogP contribution in [-0.2, 0) is 17.5 Å². The van der Waals surface area contributed by atoms with Gasteiger partial charge >= 0.3 is 6.18 Å².